The Bertz CT molecular complexity index is 595. The third-order valence-electron chi connectivity index (χ3n) is 2.20. The molecular formula is C12H9N3O. The van der Waals surface area contributed by atoms with Crippen molar-refractivity contribution in [2.24, 2.45) is 0 Å². The molecule has 0 spiro atoms. The first kappa shape index (κ1) is 10.1. The molecule has 0 fully saturated rings. The standard InChI is InChI=1S/C12H9N3O/c13-7-10-2-1-3-11(6-10)8-15-9-14-5-4-12(15)16/h1-6,9H,8H2. The van der Waals surface area contributed by atoms with Crippen molar-refractivity contribution in [1.29, 1.82) is 5.26 Å². The van der Waals surface area contributed by atoms with Crippen LogP contribution in [0.2, 0.25) is 0 Å². The molecule has 0 radical (unpaired) electrons. The molecule has 2 rings (SSSR count). The number of benzene rings is 1. The number of nitrogens with zero attached hydrogens (tertiary/aromatic N) is 3. The van der Waals surface area contributed by atoms with Crippen molar-refractivity contribution < 1.29 is 0 Å². The molecule has 2 aromatic rings. The van der Waals surface area contributed by atoms with E-state index in [1.165, 1.54) is 23.2 Å². The van der Waals surface area contributed by atoms with E-state index in [-0.39, 0.29) is 5.56 Å². The molecule has 0 aliphatic carbocycles. The SMILES string of the molecule is N#Cc1cccc(Cn2cnccc2=O)c1. The monoisotopic (exact) mass is 211 g/mol. The fourth-order valence-corrected chi connectivity index (χ4v) is 1.43. The molecule has 0 bridgehead atoms. The van der Waals surface area contributed by atoms with Crippen LogP contribution in [0.4, 0.5) is 0 Å². The summed E-state index contributed by atoms with van der Waals surface area (Å²) >= 11 is 0. The topological polar surface area (TPSA) is 58.7 Å². The molecule has 0 unspecified atom stereocenters. The van der Waals surface area contributed by atoms with Crippen LogP contribution < -0.4 is 5.56 Å². The summed E-state index contributed by atoms with van der Waals surface area (Å²) in [7, 11) is 0. The first-order valence-electron chi connectivity index (χ1n) is 4.79. The summed E-state index contributed by atoms with van der Waals surface area (Å²) in [5.74, 6) is 0. The summed E-state index contributed by atoms with van der Waals surface area (Å²) in [5, 5.41) is 8.75. The van der Waals surface area contributed by atoms with E-state index < -0.39 is 0 Å². The highest BCUT2D eigenvalue weighted by atomic mass is 16.1. The predicted molar refractivity (Wildman–Crippen MR) is 58.8 cm³/mol. The van der Waals surface area contributed by atoms with Crippen LogP contribution in [0.5, 0.6) is 0 Å². The van der Waals surface area contributed by atoms with Gasteiger partial charge in [-0.15, -0.1) is 0 Å². The van der Waals surface area contributed by atoms with E-state index in [0.29, 0.717) is 12.1 Å². The van der Waals surface area contributed by atoms with Crippen molar-refractivity contribution in [3.63, 3.8) is 0 Å². The summed E-state index contributed by atoms with van der Waals surface area (Å²) in [6.07, 6.45) is 2.95. The van der Waals surface area contributed by atoms with Gasteiger partial charge < -0.3 is 0 Å². The average molecular weight is 211 g/mol. The Morgan fingerprint density at radius 1 is 1.38 bits per heavy atom. The first-order chi connectivity index (χ1) is 7.79. The molecule has 4 nitrogen and oxygen atoms in total. The van der Waals surface area contributed by atoms with Gasteiger partial charge in [-0.2, -0.15) is 5.26 Å². The van der Waals surface area contributed by atoms with Crippen molar-refractivity contribution in [3.8, 4) is 6.07 Å². The van der Waals surface area contributed by atoms with Crippen LogP contribution in [0.25, 0.3) is 0 Å². The molecule has 1 aromatic heterocycles. The summed E-state index contributed by atoms with van der Waals surface area (Å²) in [6.45, 7) is 0.433. The van der Waals surface area contributed by atoms with E-state index in [9.17, 15) is 4.79 Å². The number of nitriles is 1. The maximum Gasteiger partial charge on any atom is 0.253 e. The lowest BCUT2D eigenvalue weighted by Gasteiger charge is -2.04. The molecular weight excluding hydrogens is 202 g/mol. The van der Waals surface area contributed by atoms with Crippen LogP contribution in [-0.4, -0.2) is 9.55 Å². The molecule has 0 aliphatic rings. The quantitative estimate of drug-likeness (QED) is 0.749. The zero-order valence-corrected chi connectivity index (χ0v) is 8.50. The minimum Gasteiger partial charge on any atom is -0.295 e. The predicted octanol–water partition coefficient (Wildman–Crippen LogP) is 1.16. The van der Waals surface area contributed by atoms with Crippen molar-refractivity contribution in [2.75, 3.05) is 0 Å². The second-order valence-electron chi connectivity index (χ2n) is 3.36. The lowest BCUT2D eigenvalue weighted by molar-refractivity contribution is 0.736. The Morgan fingerprint density at radius 3 is 3.00 bits per heavy atom. The number of rotatable bonds is 2. The highest BCUT2D eigenvalue weighted by Gasteiger charge is 1.98. The minimum absolute atomic E-state index is 0.0997. The van der Waals surface area contributed by atoms with Gasteiger partial charge in [0.15, 0.2) is 0 Å². The molecule has 4 heteroatoms. The molecule has 16 heavy (non-hydrogen) atoms. The minimum atomic E-state index is -0.0997. The summed E-state index contributed by atoms with van der Waals surface area (Å²) < 4.78 is 1.50. The second-order valence-corrected chi connectivity index (χ2v) is 3.36. The zero-order valence-electron chi connectivity index (χ0n) is 8.50. The van der Waals surface area contributed by atoms with Gasteiger partial charge >= 0.3 is 0 Å². The molecule has 0 N–H and O–H groups in total. The van der Waals surface area contributed by atoms with Crippen molar-refractivity contribution in [1.82, 2.24) is 9.55 Å². The summed E-state index contributed by atoms with van der Waals surface area (Å²) in [5.41, 5.74) is 1.40. The fourth-order valence-electron chi connectivity index (χ4n) is 1.43. The highest BCUT2D eigenvalue weighted by Crippen LogP contribution is 2.04. The van der Waals surface area contributed by atoms with Gasteiger partial charge in [0.2, 0.25) is 0 Å². The van der Waals surface area contributed by atoms with Crippen molar-refractivity contribution in [2.45, 2.75) is 6.54 Å². The third kappa shape index (κ3) is 2.15. The van der Waals surface area contributed by atoms with Crippen molar-refractivity contribution in [3.05, 3.63) is 64.3 Å². The fraction of sp³-hybridized carbons (Fsp3) is 0.0833. The molecule has 0 atom stereocenters. The smallest absolute Gasteiger partial charge is 0.253 e. The summed E-state index contributed by atoms with van der Waals surface area (Å²) in [6, 6.07) is 10.6. The van der Waals surface area contributed by atoms with Gasteiger partial charge in [0.1, 0.15) is 0 Å². The Kier molecular flexibility index (Phi) is 2.79. The Hall–Kier alpha value is -2.41. The van der Waals surface area contributed by atoms with Crippen LogP contribution in [0.15, 0.2) is 47.7 Å². The Labute approximate surface area is 92.4 Å². The van der Waals surface area contributed by atoms with Crippen LogP contribution >= 0.6 is 0 Å². The van der Waals surface area contributed by atoms with Gasteiger partial charge in [-0.05, 0) is 17.7 Å². The van der Waals surface area contributed by atoms with Crippen LogP contribution in [0.3, 0.4) is 0 Å². The lowest BCUT2D eigenvalue weighted by Crippen LogP contribution is -2.19. The molecule has 78 valence electrons. The molecule has 0 amide bonds. The highest BCUT2D eigenvalue weighted by molar-refractivity contribution is 5.32. The largest absolute Gasteiger partial charge is 0.295 e. The average Bonchev–Trinajstić information content (AvgIpc) is 2.32. The van der Waals surface area contributed by atoms with Crippen molar-refractivity contribution >= 4 is 0 Å². The lowest BCUT2D eigenvalue weighted by atomic mass is 10.1. The molecule has 1 heterocycles. The van der Waals surface area contributed by atoms with Crippen LogP contribution in [-0.2, 0) is 6.54 Å². The summed E-state index contributed by atoms with van der Waals surface area (Å²) in [4.78, 5) is 15.3. The number of hydrogen-bond acceptors (Lipinski definition) is 3. The van der Waals surface area contributed by atoms with Crippen LogP contribution in [0.1, 0.15) is 11.1 Å². The van der Waals surface area contributed by atoms with E-state index in [1.54, 1.807) is 18.2 Å². The van der Waals surface area contributed by atoms with Gasteiger partial charge in [0.25, 0.3) is 5.56 Å². The second kappa shape index (κ2) is 4.41. The third-order valence-corrected chi connectivity index (χ3v) is 2.20. The molecule has 0 saturated heterocycles. The van der Waals surface area contributed by atoms with Crippen LogP contribution in [0, 0.1) is 11.3 Å². The van der Waals surface area contributed by atoms with E-state index in [4.69, 9.17) is 5.26 Å². The Morgan fingerprint density at radius 2 is 2.25 bits per heavy atom. The van der Waals surface area contributed by atoms with E-state index in [1.807, 2.05) is 6.07 Å². The number of hydrogen-bond donors (Lipinski definition) is 0. The normalized spacial score (nSPS) is 9.69. The molecule has 1 aromatic carbocycles. The van der Waals surface area contributed by atoms with Gasteiger partial charge in [-0.3, -0.25) is 9.36 Å². The first-order valence-corrected chi connectivity index (χ1v) is 4.79. The Balaban J connectivity index is 2.32. The van der Waals surface area contributed by atoms with Gasteiger partial charge in [0, 0.05) is 12.3 Å². The maximum atomic E-state index is 11.4. The maximum absolute atomic E-state index is 11.4. The molecule has 0 aliphatic heterocycles. The van der Waals surface area contributed by atoms with E-state index in [2.05, 4.69) is 11.1 Å². The van der Waals surface area contributed by atoms with Gasteiger partial charge in [-0.1, -0.05) is 12.1 Å². The van der Waals surface area contributed by atoms with E-state index >= 15 is 0 Å². The van der Waals surface area contributed by atoms with Gasteiger partial charge in [-0.25, -0.2) is 4.98 Å². The zero-order chi connectivity index (χ0) is 11.4. The molecule has 0 saturated carbocycles. The van der Waals surface area contributed by atoms with Gasteiger partial charge in [0.05, 0.1) is 24.5 Å². The number of aromatic nitrogens is 2. The van der Waals surface area contributed by atoms with E-state index in [0.717, 1.165) is 5.56 Å².